The molecule has 2 heterocycles. The van der Waals surface area contributed by atoms with Crippen LogP contribution in [0.25, 0.3) is 5.65 Å². The summed E-state index contributed by atoms with van der Waals surface area (Å²) in [5.74, 6) is 0.892. The number of rotatable bonds is 6. The molecule has 5 N–H and O–H groups in total. The van der Waals surface area contributed by atoms with Crippen molar-refractivity contribution < 1.29 is 9.84 Å². The van der Waals surface area contributed by atoms with Crippen molar-refractivity contribution in [1.82, 2.24) is 9.38 Å². The minimum Gasteiger partial charge on any atom is -0.485 e. The highest BCUT2D eigenvalue weighted by Gasteiger charge is 2.24. The molecule has 3 rings (SSSR count). The Balaban J connectivity index is 1.82. The minimum absolute atomic E-state index is 0.0215. The van der Waals surface area contributed by atoms with Crippen molar-refractivity contribution in [3.05, 3.63) is 56.9 Å². The van der Waals surface area contributed by atoms with E-state index in [0.717, 1.165) is 15.8 Å². The van der Waals surface area contributed by atoms with Gasteiger partial charge in [0.25, 0.3) is 0 Å². The van der Waals surface area contributed by atoms with Crippen molar-refractivity contribution in [3.8, 4) is 0 Å². The summed E-state index contributed by atoms with van der Waals surface area (Å²) in [7, 11) is 0. The number of nitrogens with zero attached hydrogens (tertiary/aromatic N) is 2. The van der Waals surface area contributed by atoms with Crippen LogP contribution < -0.4 is 11.5 Å². The standard InChI is InChI=1S/C16H18BrClN4O2/c17-12-3-10(9-1-2-9)5-22-6-11(21-16(12)22)8-24-14(4-15(18)20)13(19)7-23/h3-6,9,23H,1-2,7-8,19-20H2/b14-13+,15-4-. The van der Waals surface area contributed by atoms with E-state index < -0.39 is 0 Å². The van der Waals surface area contributed by atoms with E-state index in [9.17, 15) is 0 Å². The monoisotopic (exact) mass is 412 g/mol. The molecule has 0 amide bonds. The van der Waals surface area contributed by atoms with E-state index in [-0.39, 0.29) is 29.8 Å². The molecular weight excluding hydrogens is 396 g/mol. The van der Waals surface area contributed by atoms with Crippen LogP contribution in [0.3, 0.4) is 0 Å². The maximum absolute atomic E-state index is 9.15. The SMILES string of the molecule is N/C(Cl)=C\C(OCc1cn2cc(C3CC3)cc(Br)c2n1)=C(/N)CO. The van der Waals surface area contributed by atoms with Crippen LogP contribution in [0, 0.1) is 0 Å². The first-order chi connectivity index (χ1) is 11.5. The van der Waals surface area contributed by atoms with Gasteiger partial charge < -0.3 is 25.7 Å². The Labute approximate surface area is 152 Å². The predicted octanol–water partition coefficient (Wildman–Crippen LogP) is 2.69. The Morgan fingerprint density at radius 3 is 2.83 bits per heavy atom. The zero-order valence-corrected chi connectivity index (χ0v) is 15.2. The van der Waals surface area contributed by atoms with Crippen molar-refractivity contribution in [3.63, 3.8) is 0 Å². The fraction of sp³-hybridized carbons (Fsp3) is 0.312. The lowest BCUT2D eigenvalue weighted by molar-refractivity contribution is 0.198. The fourth-order valence-corrected chi connectivity index (χ4v) is 3.08. The van der Waals surface area contributed by atoms with Gasteiger partial charge in [0, 0.05) is 18.5 Å². The molecular formula is C16H18BrClN4O2. The molecule has 2 aromatic heterocycles. The molecule has 0 atom stereocenters. The van der Waals surface area contributed by atoms with Crippen molar-refractivity contribution in [1.29, 1.82) is 0 Å². The maximum Gasteiger partial charge on any atom is 0.151 e. The molecule has 1 aliphatic rings. The molecule has 0 aromatic carbocycles. The quantitative estimate of drug-likeness (QED) is 0.384. The highest BCUT2D eigenvalue weighted by atomic mass is 79.9. The number of hydrogen-bond donors (Lipinski definition) is 3. The maximum atomic E-state index is 9.15. The number of pyridine rings is 1. The molecule has 1 fully saturated rings. The van der Waals surface area contributed by atoms with E-state index in [4.69, 9.17) is 32.9 Å². The normalized spacial score (nSPS) is 16.4. The molecule has 0 spiro atoms. The first-order valence-electron chi connectivity index (χ1n) is 7.50. The van der Waals surface area contributed by atoms with Crippen LogP contribution in [0.1, 0.15) is 30.0 Å². The highest BCUT2D eigenvalue weighted by molar-refractivity contribution is 9.10. The molecule has 8 heteroatoms. The summed E-state index contributed by atoms with van der Waals surface area (Å²) in [4.78, 5) is 4.55. The lowest BCUT2D eigenvalue weighted by Gasteiger charge is -2.08. The number of hydrogen-bond acceptors (Lipinski definition) is 5. The Hall–Kier alpha value is -1.70. The number of aliphatic hydroxyl groups is 1. The van der Waals surface area contributed by atoms with E-state index >= 15 is 0 Å². The van der Waals surface area contributed by atoms with Crippen molar-refractivity contribution in [2.75, 3.05) is 6.61 Å². The van der Waals surface area contributed by atoms with Gasteiger partial charge in [-0.1, -0.05) is 11.6 Å². The van der Waals surface area contributed by atoms with Gasteiger partial charge in [0.2, 0.25) is 0 Å². The Bertz CT molecular complexity index is 823. The number of imidazole rings is 1. The molecule has 0 radical (unpaired) electrons. The topological polar surface area (TPSA) is 98.8 Å². The van der Waals surface area contributed by atoms with Gasteiger partial charge in [-0.25, -0.2) is 4.98 Å². The van der Waals surface area contributed by atoms with Crippen molar-refractivity contribution in [2.45, 2.75) is 25.4 Å². The number of aromatic nitrogens is 2. The zero-order chi connectivity index (χ0) is 17.3. The first-order valence-corrected chi connectivity index (χ1v) is 8.67. The molecule has 0 aliphatic heterocycles. The molecule has 128 valence electrons. The number of halogens is 2. The average Bonchev–Trinajstić information content (AvgIpc) is 3.30. The zero-order valence-electron chi connectivity index (χ0n) is 12.9. The summed E-state index contributed by atoms with van der Waals surface area (Å²) >= 11 is 9.23. The van der Waals surface area contributed by atoms with Crippen LogP contribution in [0.15, 0.2) is 45.6 Å². The molecule has 1 aliphatic carbocycles. The van der Waals surface area contributed by atoms with Crippen molar-refractivity contribution >= 4 is 33.2 Å². The number of allylic oxidation sites excluding steroid dienone is 1. The number of fused-ring (bicyclic) bond motifs is 1. The lowest BCUT2D eigenvalue weighted by atomic mass is 10.2. The summed E-state index contributed by atoms with van der Waals surface area (Å²) in [5.41, 5.74) is 14.2. The molecule has 2 aromatic rings. The molecule has 0 saturated heterocycles. The van der Waals surface area contributed by atoms with Gasteiger partial charge in [-0.3, -0.25) is 0 Å². The van der Waals surface area contributed by atoms with Crippen LogP contribution in [-0.4, -0.2) is 21.1 Å². The molecule has 6 nitrogen and oxygen atoms in total. The van der Waals surface area contributed by atoms with E-state index in [2.05, 4.69) is 33.2 Å². The van der Waals surface area contributed by atoms with Crippen molar-refractivity contribution in [2.24, 2.45) is 11.5 Å². The van der Waals surface area contributed by atoms with Gasteiger partial charge in [-0.15, -0.1) is 0 Å². The summed E-state index contributed by atoms with van der Waals surface area (Å²) in [6.45, 7) is -0.166. The number of aliphatic hydroxyl groups excluding tert-OH is 1. The summed E-state index contributed by atoms with van der Waals surface area (Å²) in [6, 6.07) is 2.12. The average molecular weight is 414 g/mol. The molecule has 0 unspecified atom stereocenters. The van der Waals surface area contributed by atoms with Crippen LogP contribution in [0.2, 0.25) is 0 Å². The van der Waals surface area contributed by atoms with Crippen LogP contribution in [0.5, 0.6) is 0 Å². The summed E-state index contributed by atoms with van der Waals surface area (Å²) in [5, 5.41) is 9.17. The second-order valence-corrected chi connectivity index (χ2v) is 7.02. The van der Waals surface area contributed by atoms with E-state index in [1.54, 1.807) is 0 Å². The molecule has 24 heavy (non-hydrogen) atoms. The first kappa shape index (κ1) is 17.1. The van der Waals surface area contributed by atoms with Crippen LogP contribution in [0.4, 0.5) is 0 Å². The van der Waals surface area contributed by atoms with Gasteiger partial charge >= 0.3 is 0 Å². The summed E-state index contributed by atoms with van der Waals surface area (Å²) in [6.07, 6.45) is 7.85. The Morgan fingerprint density at radius 1 is 1.46 bits per heavy atom. The fourth-order valence-electron chi connectivity index (χ4n) is 2.42. The molecule has 1 saturated carbocycles. The van der Waals surface area contributed by atoms with E-state index in [1.165, 1.54) is 24.5 Å². The van der Waals surface area contributed by atoms with Gasteiger partial charge in [0.1, 0.15) is 17.5 Å². The third-order valence-electron chi connectivity index (χ3n) is 3.76. The number of nitrogens with two attached hydrogens (primary N) is 2. The third-order valence-corrected chi connectivity index (χ3v) is 4.45. The third kappa shape index (κ3) is 3.85. The summed E-state index contributed by atoms with van der Waals surface area (Å²) < 4.78 is 8.55. The molecule has 0 bridgehead atoms. The van der Waals surface area contributed by atoms with Gasteiger partial charge in [-0.05, 0) is 46.3 Å². The smallest absolute Gasteiger partial charge is 0.151 e. The lowest BCUT2D eigenvalue weighted by Crippen LogP contribution is -2.09. The largest absolute Gasteiger partial charge is 0.485 e. The second kappa shape index (κ2) is 7.04. The van der Waals surface area contributed by atoms with Crippen LogP contribution in [-0.2, 0) is 11.3 Å². The Morgan fingerprint density at radius 2 is 2.21 bits per heavy atom. The van der Waals surface area contributed by atoms with E-state index in [1.807, 2.05) is 10.6 Å². The van der Waals surface area contributed by atoms with Gasteiger partial charge in [0.15, 0.2) is 5.65 Å². The number of ether oxygens (including phenoxy) is 1. The Kier molecular flexibility index (Phi) is 5.03. The minimum atomic E-state index is -0.350. The second-order valence-electron chi connectivity index (χ2n) is 5.72. The van der Waals surface area contributed by atoms with Gasteiger partial charge in [0.05, 0.1) is 22.5 Å². The van der Waals surface area contributed by atoms with Gasteiger partial charge in [-0.2, -0.15) is 0 Å². The van der Waals surface area contributed by atoms with E-state index in [0.29, 0.717) is 5.92 Å². The van der Waals surface area contributed by atoms with Crippen LogP contribution >= 0.6 is 27.5 Å². The highest BCUT2D eigenvalue weighted by Crippen LogP contribution is 2.41. The predicted molar refractivity (Wildman–Crippen MR) is 96.1 cm³/mol.